The predicted molar refractivity (Wildman–Crippen MR) is 64.9 cm³/mol. The number of halogens is 1. The van der Waals surface area contributed by atoms with Gasteiger partial charge < -0.3 is 5.32 Å². The average molecular weight is 244 g/mol. The molecule has 0 spiro atoms. The van der Waals surface area contributed by atoms with E-state index in [1.807, 2.05) is 27.8 Å². The van der Waals surface area contributed by atoms with Gasteiger partial charge in [-0.3, -0.25) is 9.48 Å². The molecule has 0 aliphatic carbocycles. The normalized spacial score (nSPS) is 11.6. The van der Waals surface area contributed by atoms with E-state index in [1.165, 1.54) is 0 Å². The lowest BCUT2D eigenvalue weighted by Crippen LogP contribution is -2.45. The molecule has 0 saturated carbocycles. The van der Waals surface area contributed by atoms with E-state index < -0.39 is 5.54 Å². The molecular weight excluding hydrogens is 226 g/mol. The molecule has 1 heterocycles. The molecule has 0 unspecified atom stereocenters. The molecule has 0 aromatic carbocycles. The van der Waals surface area contributed by atoms with Crippen LogP contribution in [0.25, 0.3) is 0 Å². The molecule has 1 aromatic heterocycles. The Kier molecular flexibility index (Phi) is 3.97. The third-order valence-corrected chi connectivity index (χ3v) is 2.94. The number of carbonyl (C=O) groups is 1. The van der Waals surface area contributed by atoms with Crippen LogP contribution in [0.1, 0.15) is 36.8 Å². The summed E-state index contributed by atoms with van der Waals surface area (Å²) in [6.07, 6.45) is 2.48. The van der Waals surface area contributed by atoms with Crippen molar-refractivity contribution in [3.8, 4) is 0 Å². The zero-order valence-electron chi connectivity index (χ0n) is 10.2. The number of carbonyl (C=O) groups excluding carboxylic acids is 1. The molecule has 0 bridgehead atoms. The first-order valence-electron chi connectivity index (χ1n) is 5.30. The number of hydrogen-bond donors (Lipinski definition) is 1. The molecule has 4 nitrogen and oxygen atoms in total. The van der Waals surface area contributed by atoms with Crippen molar-refractivity contribution in [2.45, 2.75) is 32.7 Å². The van der Waals surface area contributed by atoms with Gasteiger partial charge >= 0.3 is 0 Å². The SMILES string of the molecule is CCc1nn(C)cc1C(=O)NC(C)(C)CCl. The Labute approximate surface area is 101 Å². The van der Waals surface area contributed by atoms with E-state index in [9.17, 15) is 4.79 Å². The van der Waals surface area contributed by atoms with Crippen molar-refractivity contribution < 1.29 is 4.79 Å². The first-order chi connectivity index (χ1) is 7.39. The van der Waals surface area contributed by atoms with E-state index in [0.29, 0.717) is 11.4 Å². The summed E-state index contributed by atoms with van der Waals surface area (Å²) in [6.45, 7) is 5.76. The average Bonchev–Trinajstić information content (AvgIpc) is 2.59. The fraction of sp³-hybridized carbons (Fsp3) is 0.636. The van der Waals surface area contributed by atoms with Gasteiger partial charge in [0.1, 0.15) is 0 Å². The number of nitrogens with zero attached hydrogens (tertiary/aromatic N) is 2. The minimum absolute atomic E-state index is 0.115. The summed E-state index contributed by atoms with van der Waals surface area (Å²) in [4.78, 5) is 12.0. The number of aromatic nitrogens is 2. The van der Waals surface area contributed by atoms with Gasteiger partial charge in [0.25, 0.3) is 5.91 Å². The summed E-state index contributed by atoms with van der Waals surface area (Å²) in [5, 5.41) is 7.11. The molecule has 0 radical (unpaired) electrons. The molecule has 1 rings (SSSR count). The maximum atomic E-state index is 12.0. The monoisotopic (exact) mass is 243 g/mol. The van der Waals surface area contributed by atoms with Gasteiger partial charge in [-0.1, -0.05) is 6.92 Å². The highest BCUT2D eigenvalue weighted by Gasteiger charge is 2.22. The maximum Gasteiger partial charge on any atom is 0.255 e. The van der Waals surface area contributed by atoms with Crippen molar-refractivity contribution in [2.24, 2.45) is 7.05 Å². The highest BCUT2D eigenvalue weighted by molar-refractivity contribution is 6.18. The smallest absolute Gasteiger partial charge is 0.255 e. The number of rotatable bonds is 4. The molecular formula is C11H18ClN3O. The van der Waals surface area contributed by atoms with Crippen molar-refractivity contribution in [1.29, 1.82) is 0 Å². The van der Waals surface area contributed by atoms with Crippen molar-refractivity contribution >= 4 is 17.5 Å². The summed E-state index contributed by atoms with van der Waals surface area (Å²) in [5.41, 5.74) is 1.04. The van der Waals surface area contributed by atoms with Crippen LogP contribution in [-0.2, 0) is 13.5 Å². The van der Waals surface area contributed by atoms with Crippen LogP contribution in [0.2, 0.25) is 0 Å². The predicted octanol–water partition coefficient (Wildman–Crippen LogP) is 1.73. The number of aryl methyl sites for hydroxylation is 2. The number of alkyl halides is 1. The van der Waals surface area contributed by atoms with Gasteiger partial charge in [-0.25, -0.2) is 0 Å². The number of nitrogens with one attached hydrogen (secondary N) is 1. The lowest BCUT2D eigenvalue weighted by Gasteiger charge is -2.23. The van der Waals surface area contributed by atoms with Crippen molar-refractivity contribution in [3.05, 3.63) is 17.5 Å². The fourth-order valence-corrected chi connectivity index (χ4v) is 1.46. The van der Waals surface area contributed by atoms with Crippen LogP contribution in [0.4, 0.5) is 0 Å². The van der Waals surface area contributed by atoms with Crippen molar-refractivity contribution in [2.75, 3.05) is 5.88 Å². The highest BCUT2D eigenvalue weighted by atomic mass is 35.5. The van der Waals surface area contributed by atoms with Gasteiger partial charge in [-0.15, -0.1) is 11.6 Å². The Morgan fingerprint density at radius 1 is 1.62 bits per heavy atom. The van der Waals surface area contributed by atoms with Crippen molar-refractivity contribution in [3.63, 3.8) is 0 Å². The highest BCUT2D eigenvalue weighted by Crippen LogP contribution is 2.11. The molecule has 5 heteroatoms. The minimum Gasteiger partial charge on any atom is -0.346 e. The molecule has 1 amide bonds. The molecule has 0 saturated heterocycles. The zero-order chi connectivity index (χ0) is 12.3. The Morgan fingerprint density at radius 3 is 2.75 bits per heavy atom. The fourth-order valence-electron chi connectivity index (χ4n) is 1.39. The Morgan fingerprint density at radius 2 is 2.25 bits per heavy atom. The maximum absolute atomic E-state index is 12.0. The standard InChI is InChI=1S/C11H18ClN3O/c1-5-9-8(6-15(4)14-9)10(16)13-11(2,3)7-12/h6H,5,7H2,1-4H3,(H,13,16). The van der Waals surface area contributed by atoms with Gasteiger partial charge in [0.05, 0.1) is 11.3 Å². The van der Waals surface area contributed by atoms with Gasteiger partial charge in [0.2, 0.25) is 0 Å². The molecule has 1 aromatic rings. The molecule has 1 N–H and O–H groups in total. The van der Waals surface area contributed by atoms with Crippen molar-refractivity contribution in [1.82, 2.24) is 15.1 Å². The van der Waals surface area contributed by atoms with Crippen LogP contribution in [0.15, 0.2) is 6.20 Å². The van der Waals surface area contributed by atoms with Gasteiger partial charge in [-0.05, 0) is 20.3 Å². The summed E-state index contributed by atoms with van der Waals surface area (Å²) >= 11 is 5.77. The lowest BCUT2D eigenvalue weighted by atomic mass is 10.1. The van der Waals surface area contributed by atoms with E-state index in [1.54, 1.807) is 10.9 Å². The van der Waals surface area contributed by atoms with Gasteiger partial charge in [-0.2, -0.15) is 5.10 Å². The van der Waals surface area contributed by atoms with Crippen LogP contribution in [-0.4, -0.2) is 27.1 Å². The Hall–Kier alpha value is -1.03. The summed E-state index contributed by atoms with van der Waals surface area (Å²) in [6, 6.07) is 0. The second kappa shape index (κ2) is 4.87. The second-order valence-corrected chi connectivity index (χ2v) is 4.76. The largest absolute Gasteiger partial charge is 0.346 e. The summed E-state index contributed by atoms with van der Waals surface area (Å²) < 4.78 is 1.65. The van der Waals surface area contributed by atoms with Crippen LogP contribution >= 0.6 is 11.6 Å². The zero-order valence-corrected chi connectivity index (χ0v) is 10.9. The molecule has 0 aliphatic rings. The van der Waals surface area contributed by atoms with Crippen LogP contribution in [0.5, 0.6) is 0 Å². The van der Waals surface area contributed by atoms with Crippen LogP contribution in [0, 0.1) is 0 Å². The molecule has 0 aliphatic heterocycles. The summed E-state index contributed by atoms with van der Waals surface area (Å²) in [5.74, 6) is 0.260. The minimum atomic E-state index is -0.403. The molecule has 16 heavy (non-hydrogen) atoms. The molecule has 0 fully saturated rings. The third-order valence-electron chi connectivity index (χ3n) is 2.27. The van der Waals surface area contributed by atoms with E-state index in [0.717, 1.165) is 12.1 Å². The summed E-state index contributed by atoms with van der Waals surface area (Å²) in [7, 11) is 1.81. The lowest BCUT2D eigenvalue weighted by molar-refractivity contribution is 0.0919. The third kappa shape index (κ3) is 2.98. The van der Waals surface area contributed by atoms with E-state index >= 15 is 0 Å². The molecule has 90 valence electrons. The Balaban J connectivity index is 2.88. The number of amides is 1. The van der Waals surface area contributed by atoms with E-state index in [2.05, 4.69) is 10.4 Å². The topological polar surface area (TPSA) is 46.9 Å². The quantitative estimate of drug-likeness (QED) is 0.819. The molecule has 0 atom stereocenters. The second-order valence-electron chi connectivity index (χ2n) is 4.49. The first-order valence-corrected chi connectivity index (χ1v) is 5.84. The van der Waals surface area contributed by atoms with Gasteiger partial charge in [0, 0.05) is 24.7 Å². The number of hydrogen-bond acceptors (Lipinski definition) is 2. The van der Waals surface area contributed by atoms with Crippen LogP contribution < -0.4 is 5.32 Å². The van der Waals surface area contributed by atoms with Gasteiger partial charge in [0.15, 0.2) is 0 Å². The Bertz CT molecular complexity index is 385. The van der Waals surface area contributed by atoms with E-state index in [-0.39, 0.29) is 5.91 Å². The van der Waals surface area contributed by atoms with Crippen LogP contribution in [0.3, 0.4) is 0 Å². The van der Waals surface area contributed by atoms with E-state index in [4.69, 9.17) is 11.6 Å². The first kappa shape index (κ1) is 13.0.